The van der Waals surface area contributed by atoms with Gasteiger partial charge < -0.3 is 16.0 Å². The van der Waals surface area contributed by atoms with Crippen LogP contribution < -0.4 is 11.1 Å². The van der Waals surface area contributed by atoms with E-state index >= 15 is 0 Å². The summed E-state index contributed by atoms with van der Waals surface area (Å²) < 4.78 is 0. The molecule has 1 aliphatic carbocycles. The molecule has 0 aromatic carbocycles. The number of hydrogen-bond acceptors (Lipinski definition) is 4. The summed E-state index contributed by atoms with van der Waals surface area (Å²) in [6.45, 7) is 4.43. The first-order valence-electron chi connectivity index (χ1n) is 8.00. The van der Waals surface area contributed by atoms with Crippen LogP contribution in [0.3, 0.4) is 0 Å². The van der Waals surface area contributed by atoms with E-state index in [1.165, 1.54) is 4.90 Å². The molecule has 120 valence electrons. The molecule has 2 fully saturated rings. The zero-order valence-electron chi connectivity index (χ0n) is 13.2. The Morgan fingerprint density at radius 1 is 1.33 bits per heavy atom. The highest BCUT2D eigenvalue weighted by molar-refractivity contribution is 5.85. The molecule has 0 radical (unpaired) electrons. The molecule has 21 heavy (non-hydrogen) atoms. The van der Waals surface area contributed by atoms with Crippen LogP contribution in [0.25, 0.3) is 0 Å². The Labute approximate surface area is 127 Å². The minimum absolute atomic E-state index is 0.00581. The van der Waals surface area contributed by atoms with Gasteiger partial charge >= 0.3 is 0 Å². The fourth-order valence-corrected chi connectivity index (χ4v) is 2.82. The summed E-state index contributed by atoms with van der Waals surface area (Å²) in [6.07, 6.45) is 4.12. The lowest BCUT2D eigenvalue weighted by molar-refractivity contribution is -0.136. The van der Waals surface area contributed by atoms with Gasteiger partial charge in [0.25, 0.3) is 0 Å². The van der Waals surface area contributed by atoms with E-state index in [1.807, 2.05) is 0 Å². The van der Waals surface area contributed by atoms with E-state index in [9.17, 15) is 9.59 Å². The zero-order valence-corrected chi connectivity index (χ0v) is 13.2. The van der Waals surface area contributed by atoms with Gasteiger partial charge in [-0.05, 0) is 25.2 Å². The molecule has 1 heterocycles. The van der Waals surface area contributed by atoms with E-state index in [0.29, 0.717) is 18.5 Å². The van der Waals surface area contributed by atoms with Gasteiger partial charge in [0, 0.05) is 32.2 Å². The summed E-state index contributed by atoms with van der Waals surface area (Å²) in [6, 6.07) is 0.596. The van der Waals surface area contributed by atoms with E-state index in [0.717, 1.165) is 38.8 Å². The van der Waals surface area contributed by atoms with Crippen molar-refractivity contribution in [3.8, 4) is 0 Å². The summed E-state index contributed by atoms with van der Waals surface area (Å²) >= 11 is 0. The monoisotopic (exact) mass is 296 g/mol. The molecule has 0 bridgehead atoms. The maximum Gasteiger partial charge on any atom is 0.239 e. The molecule has 3 N–H and O–H groups in total. The van der Waals surface area contributed by atoms with E-state index in [-0.39, 0.29) is 24.4 Å². The van der Waals surface area contributed by atoms with Gasteiger partial charge in [0.05, 0.1) is 13.1 Å². The summed E-state index contributed by atoms with van der Waals surface area (Å²) in [5.41, 5.74) is 6.09. The van der Waals surface area contributed by atoms with Crippen LogP contribution in [-0.4, -0.2) is 66.9 Å². The molecule has 0 aromatic rings. The molecule has 2 aliphatic rings. The zero-order chi connectivity index (χ0) is 15.4. The molecular weight excluding hydrogens is 268 g/mol. The Balaban J connectivity index is 1.73. The largest absolute Gasteiger partial charge is 0.352 e. The molecule has 1 saturated heterocycles. The highest BCUT2D eigenvalue weighted by atomic mass is 16.2. The predicted octanol–water partition coefficient (Wildman–Crippen LogP) is -0.217. The van der Waals surface area contributed by atoms with Crippen LogP contribution in [0.4, 0.5) is 0 Å². The van der Waals surface area contributed by atoms with Gasteiger partial charge in [-0.15, -0.1) is 0 Å². The smallest absolute Gasteiger partial charge is 0.239 e. The predicted molar refractivity (Wildman–Crippen MR) is 81.6 cm³/mol. The first-order valence-corrected chi connectivity index (χ1v) is 8.00. The SMILES string of the molecule is CCC1CN(CC(=O)N(C)CC(=O)NC2CC2)CCC1N. The van der Waals surface area contributed by atoms with Gasteiger partial charge in [-0.25, -0.2) is 0 Å². The summed E-state index contributed by atoms with van der Waals surface area (Å²) in [5, 5.41) is 2.90. The van der Waals surface area contributed by atoms with Crippen molar-refractivity contribution in [1.29, 1.82) is 0 Å². The van der Waals surface area contributed by atoms with Crippen LogP contribution in [0.1, 0.15) is 32.6 Å². The van der Waals surface area contributed by atoms with Crippen LogP contribution >= 0.6 is 0 Å². The lowest BCUT2D eigenvalue weighted by atomic mass is 9.91. The van der Waals surface area contributed by atoms with Crippen LogP contribution in [0.2, 0.25) is 0 Å². The molecule has 6 heteroatoms. The molecule has 0 spiro atoms. The van der Waals surface area contributed by atoms with Gasteiger partial charge in [-0.1, -0.05) is 13.3 Å². The lowest BCUT2D eigenvalue weighted by Gasteiger charge is -2.36. The Kier molecular flexibility index (Phi) is 5.58. The van der Waals surface area contributed by atoms with Crippen molar-refractivity contribution in [2.75, 3.05) is 33.2 Å². The fraction of sp³-hybridized carbons (Fsp3) is 0.867. The van der Waals surface area contributed by atoms with Crippen molar-refractivity contribution in [3.63, 3.8) is 0 Å². The third-order valence-corrected chi connectivity index (χ3v) is 4.51. The lowest BCUT2D eigenvalue weighted by Crippen LogP contribution is -2.50. The maximum atomic E-state index is 12.2. The van der Waals surface area contributed by atoms with Crippen molar-refractivity contribution in [1.82, 2.24) is 15.1 Å². The van der Waals surface area contributed by atoms with Gasteiger partial charge in [-0.3, -0.25) is 14.5 Å². The average Bonchev–Trinajstić information content (AvgIpc) is 3.24. The second kappa shape index (κ2) is 7.22. The Hall–Kier alpha value is -1.14. The highest BCUT2D eigenvalue weighted by Crippen LogP contribution is 2.19. The van der Waals surface area contributed by atoms with Crippen molar-refractivity contribution < 1.29 is 9.59 Å². The number of amides is 2. The van der Waals surface area contributed by atoms with Gasteiger partial charge in [0.2, 0.25) is 11.8 Å². The molecule has 2 atom stereocenters. The van der Waals surface area contributed by atoms with E-state index < -0.39 is 0 Å². The van der Waals surface area contributed by atoms with Gasteiger partial charge in [0.1, 0.15) is 0 Å². The van der Waals surface area contributed by atoms with Crippen molar-refractivity contribution in [3.05, 3.63) is 0 Å². The average molecular weight is 296 g/mol. The minimum atomic E-state index is -0.0551. The number of hydrogen-bond donors (Lipinski definition) is 2. The number of nitrogens with two attached hydrogens (primary N) is 1. The van der Waals surface area contributed by atoms with E-state index in [4.69, 9.17) is 5.73 Å². The third-order valence-electron chi connectivity index (χ3n) is 4.51. The number of piperidine rings is 1. The maximum absolute atomic E-state index is 12.2. The summed E-state index contributed by atoms with van der Waals surface area (Å²) in [7, 11) is 1.70. The number of nitrogens with one attached hydrogen (secondary N) is 1. The molecule has 2 unspecified atom stereocenters. The molecule has 1 saturated carbocycles. The number of carbonyl (C=O) groups is 2. The second-order valence-corrected chi connectivity index (χ2v) is 6.45. The van der Waals surface area contributed by atoms with Gasteiger partial charge in [0.15, 0.2) is 0 Å². The Bertz CT molecular complexity index is 384. The number of carbonyl (C=O) groups excluding carboxylic acids is 2. The third kappa shape index (κ3) is 4.97. The van der Waals surface area contributed by atoms with Crippen molar-refractivity contribution in [2.24, 2.45) is 11.7 Å². The molecular formula is C15H28N4O2. The molecule has 1 aliphatic heterocycles. The van der Waals surface area contributed by atoms with Crippen LogP contribution in [0, 0.1) is 5.92 Å². The van der Waals surface area contributed by atoms with E-state index in [1.54, 1.807) is 7.05 Å². The fourth-order valence-electron chi connectivity index (χ4n) is 2.82. The highest BCUT2D eigenvalue weighted by Gasteiger charge is 2.28. The standard InChI is InChI=1S/C15H28N4O2/c1-3-11-8-19(7-6-13(11)16)10-15(21)18(2)9-14(20)17-12-4-5-12/h11-13H,3-10,16H2,1-2H3,(H,17,20). The number of likely N-dealkylation sites (N-methyl/N-ethyl adjacent to an activating group) is 1. The molecule has 0 aromatic heterocycles. The number of rotatable bonds is 6. The van der Waals surface area contributed by atoms with Gasteiger partial charge in [-0.2, -0.15) is 0 Å². The topological polar surface area (TPSA) is 78.7 Å². The summed E-state index contributed by atoms with van der Waals surface area (Å²) in [5.74, 6) is 0.418. The van der Waals surface area contributed by atoms with E-state index in [2.05, 4.69) is 17.1 Å². The quantitative estimate of drug-likeness (QED) is 0.710. The number of likely N-dealkylation sites (tertiary alicyclic amines) is 1. The second-order valence-electron chi connectivity index (χ2n) is 6.45. The van der Waals surface area contributed by atoms with Crippen LogP contribution in [0.15, 0.2) is 0 Å². The molecule has 6 nitrogen and oxygen atoms in total. The van der Waals surface area contributed by atoms with Crippen molar-refractivity contribution >= 4 is 11.8 Å². The van der Waals surface area contributed by atoms with Crippen molar-refractivity contribution in [2.45, 2.75) is 44.7 Å². The normalized spacial score (nSPS) is 26.4. The number of nitrogens with zero attached hydrogens (tertiary/aromatic N) is 2. The summed E-state index contributed by atoms with van der Waals surface area (Å²) in [4.78, 5) is 27.6. The Morgan fingerprint density at radius 2 is 2.05 bits per heavy atom. The minimum Gasteiger partial charge on any atom is -0.352 e. The van der Waals surface area contributed by atoms with Crippen LogP contribution in [0.5, 0.6) is 0 Å². The van der Waals surface area contributed by atoms with Crippen LogP contribution in [-0.2, 0) is 9.59 Å². The molecule has 2 rings (SSSR count). The first kappa shape index (κ1) is 16.2. The molecule has 2 amide bonds. The first-order chi connectivity index (χ1) is 9.99. The Morgan fingerprint density at radius 3 is 2.67 bits per heavy atom.